The van der Waals surface area contributed by atoms with Crippen LogP contribution in [0.25, 0.3) is 0 Å². The van der Waals surface area contributed by atoms with Crippen molar-refractivity contribution in [1.29, 1.82) is 0 Å². The Labute approximate surface area is 111 Å². The second-order valence-corrected chi connectivity index (χ2v) is 6.34. The van der Waals surface area contributed by atoms with E-state index in [1.165, 1.54) is 25.7 Å². The van der Waals surface area contributed by atoms with Gasteiger partial charge < -0.3 is 10.6 Å². The molecule has 2 N–H and O–H groups in total. The van der Waals surface area contributed by atoms with Crippen LogP contribution in [0, 0.1) is 11.3 Å². The standard InChI is InChI=1S/C15H28N2O/c1-3-15(9-4-10-16-11-15)14(18)17-13-7-5-12(2)6-8-13/h12-13,16H,3-11H2,1-2H3,(H,17,18). The molecule has 0 spiro atoms. The Balaban J connectivity index is 1.89. The van der Waals surface area contributed by atoms with Crippen molar-refractivity contribution in [1.82, 2.24) is 10.6 Å². The molecule has 104 valence electrons. The average Bonchev–Trinajstić information content (AvgIpc) is 2.42. The molecular formula is C15H28N2O. The second-order valence-electron chi connectivity index (χ2n) is 6.34. The normalized spacial score (nSPS) is 37.2. The molecule has 0 radical (unpaired) electrons. The van der Waals surface area contributed by atoms with Crippen LogP contribution in [-0.2, 0) is 4.79 Å². The van der Waals surface area contributed by atoms with E-state index in [2.05, 4.69) is 24.5 Å². The van der Waals surface area contributed by atoms with E-state index in [-0.39, 0.29) is 5.41 Å². The Bertz CT molecular complexity index is 276. The highest BCUT2D eigenvalue weighted by molar-refractivity contribution is 5.83. The van der Waals surface area contributed by atoms with Crippen LogP contribution in [0.3, 0.4) is 0 Å². The lowest BCUT2D eigenvalue weighted by Gasteiger charge is -2.37. The fourth-order valence-corrected chi connectivity index (χ4v) is 3.37. The molecule has 1 heterocycles. The number of carbonyl (C=O) groups excluding carboxylic acids is 1. The number of carbonyl (C=O) groups is 1. The zero-order valence-electron chi connectivity index (χ0n) is 11.9. The quantitative estimate of drug-likeness (QED) is 0.810. The Hall–Kier alpha value is -0.570. The van der Waals surface area contributed by atoms with Gasteiger partial charge in [-0.15, -0.1) is 0 Å². The predicted molar refractivity (Wildman–Crippen MR) is 74.4 cm³/mol. The molecule has 2 fully saturated rings. The molecule has 1 atom stereocenters. The van der Waals surface area contributed by atoms with Crippen LogP contribution in [0.5, 0.6) is 0 Å². The topological polar surface area (TPSA) is 41.1 Å². The summed E-state index contributed by atoms with van der Waals surface area (Å²) in [5.41, 5.74) is -0.138. The summed E-state index contributed by atoms with van der Waals surface area (Å²) in [6, 6.07) is 0.430. The van der Waals surface area contributed by atoms with Crippen LogP contribution in [0.15, 0.2) is 0 Å². The minimum Gasteiger partial charge on any atom is -0.353 e. The van der Waals surface area contributed by atoms with E-state index in [4.69, 9.17) is 0 Å². The lowest BCUT2D eigenvalue weighted by molar-refractivity contribution is -0.133. The van der Waals surface area contributed by atoms with Gasteiger partial charge in [-0.2, -0.15) is 0 Å². The Kier molecular flexibility index (Phi) is 4.66. The van der Waals surface area contributed by atoms with E-state index in [9.17, 15) is 4.79 Å². The maximum Gasteiger partial charge on any atom is 0.227 e. The predicted octanol–water partition coefficient (Wildman–Crippen LogP) is 2.46. The first-order valence-corrected chi connectivity index (χ1v) is 7.68. The number of rotatable bonds is 3. The van der Waals surface area contributed by atoms with Crippen molar-refractivity contribution in [3.8, 4) is 0 Å². The van der Waals surface area contributed by atoms with Crippen molar-refractivity contribution >= 4 is 5.91 Å². The summed E-state index contributed by atoms with van der Waals surface area (Å²) in [6.07, 6.45) is 7.99. The molecule has 1 unspecified atom stereocenters. The third kappa shape index (κ3) is 3.05. The average molecular weight is 252 g/mol. The van der Waals surface area contributed by atoms with Crippen molar-refractivity contribution in [3.05, 3.63) is 0 Å². The zero-order chi connectivity index (χ0) is 13.0. The van der Waals surface area contributed by atoms with Crippen LogP contribution in [0.1, 0.15) is 58.8 Å². The SMILES string of the molecule is CCC1(C(=O)NC2CCC(C)CC2)CCCNC1. The molecule has 0 bridgehead atoms. The highest BCUT2D eigenvalue weighted by Gasteiger charge is 2.38. The van der Waals surface area contributed by atoms with Crippen molar-refractivity contribution in [2.24, 2.45) is 11.3 Å². The van der Waals surface area contributed by atoms with Crippen molar-refractivity contribution in [3.63, 3.8) is 0 Å². The molecule has 0 aromatic heterocycles. The number of hydrogen-bond donors (Lipinski definition) is 2. The molecule has 3 heteroatoms. The van der Waals surface area contributed by atoms with Gasteiger partial charge in [0, 0.05) is 12.6 Å². The first-order valence-electron chi connectivity index (χ1n) is 7.68. The third-order valence-corrected chi connectivity index (χ3v) is 4.98. The van der Waals surface area contributed by atoms with Crippen LogP contribution < -0.4 is 10.6 Å². The van der Waals surface area contributed by atoms with Gasteiger partial charge in [-0.25, -0.2) is 0 Å². The summed E-state index contributed by atoms with van der Waals surface area (Å²) in [6.45, 7) is 6.39. The molecule has 18 heavy (non-hydrogen) atoms. The van der Waals surface area contributed by atoms with Crippen molar-refractivity contribution < 1.29 is 4.79 Å². The fourth-order valence-electron chi connectivity index (χ4n) is 3.37. The largest absolute Gasteiger partial charge is 0.353 e. The number of hydrogen-bond acceptors (Lipinski definition) is 2. The number of piperidine rings is 1. The maximum absolute atomic E-state index is 12.5. The van der Waals surface area contributed by atoms with Crippen LogP contribution >= 0.6 is 0 Å². The van der Waals surface area contributed by atoms with Gasteiger partial charge in [-0.05, 0) is 57.4 Å². The van der Waals surface area contributed by atoms with Gasteiger partial charge in [0.15, 0.2) is 0 Å². The number of nitrogens with one attached hydrogen (secondary N) is 2. The molecule has 2 rings (SSSR count). The third-order valence-electron chi connectivity index (χ3n) is 4.98. The molecule has 1 saturated carbocycles. The van der Waals surface area contributed by atoms with Gasteiger partial charge in [0.1, 0.15) is 0 Å². The van der Waals surface area contributed by atoms with Gasteiger partial charge in [-0.1, -0.05) is 13.8 Å². The maximum atomic E-state index is 12.5. The molecule has 3 nitrogen and oxygen atoms in total. The molecule has 2 aliphatic rings. The smallest absolute Gasteiger partial charge is 0.227 e. The van der Waals surface area contributed by atoms with E-state index in [0.717, 1.165) is 38.3 Å². The van der Waals surface area contributed by atoms with Crippen molar-refractivity contribution in [2.75, 3.05) is 13.1 Å². The zero-order valence-corrected chi connectivity index (χ0v) is 11.9. The van der Waals surface area contributed by atoms with Crippen LogP contribution in [-0.4, -0.2) is 25.0 Å². The minimum atomic E-state index is -0.138. The second kappa shape index (κ2) is 6.05. The Morgan fingerprint density at radius 2 is 2.06 bits per heavy atom. The highest BCUT2D eigenvalue weighted by atomic mass is 16.2. The molecule has 1 aliphatic heterocycles. The Morgan fingerprint density at radius 3 is 2.61 bits per heavy atom. The first kappa shape index (κ1) is 13.9. The summed E-state index contributed by atoms with van der Waals surface area (Å²) < 4.78 is 0. The highest BCUT2D eigenvalue weighted by Crippen LogP contribution is 2.31. The lowest BCUT2D eigenvalue weighted by Crippen LogP contribution is -2.52. The molecule has 1 saturated heterocycles. The summed E-state index contributed by atoms with van der Waals surface area (Å²) in [5.74, 6) is 1.14. The molecule has 0 aromatic carbocycles. The summed E-state index contributed by atoms with van der Waals surface area (Å²) >= 11 is 0. The summed E-state index contributed by atoms with van der Waals surface area (Å²) in [7, 11) is 0. The molecule has 1 amide bonds. The molecule has 1 aliphatic carbocycles. The summed E-state index contributed by atoms with van der Waals surface area (Å²) in [5, 5.41) is 6.71. The van der Waals surface area contributed by atoms with Crippen LogP contribution in [0.2, 0.25) is 0 Å². The molecular weight excluding hydrogens is 224 g/mol. The van der Waals surface area contributed by atoms with E-state index < -0.39 is 0 Å². The van der Waals surface area contributed by atoms with Gasteiger partial charge in [-0.3, -0.25) is 4.79 Å². The van der Waals surface area contributed by atoms with E-state index >= 15 is 0 Å². The van der Waals surface area contributed by atoms with Crippen LogP contribution in [0.4, 0.5) is 0 Å². The van der Waals surface area contributed by atoms with Gasteiger partial charge in [0.2, 0.25) is 5.91 Å². The van der Waals surface area contributed by atoms with E-state index in [1.54, 1.807) is 0 Å². The van der Waals surface area contributed by atoms with E-state index in [1.807, 2.05) is 0 Å². The first-order chi connectivity index (χ1) is 8.66. The van der Waals surface area contributed by atoms with Gasteiger partial charge in [0.25, 0.3) is 0 Å². The Morgan fingerprint density at radius 1 is 1.33 bits per heavy atom. The van der Waals surface area contributed by atoms with Gasteiger partial charge in [0.05, 0.1) is 5.41 Å². The van der Waals surface area contributed by atoms with Gasteiger partial charge >= 0.3 is 0 Å². The molecule has 0 aromatic rings. The minimum absolute atomic E-state index is 0.138. The lowest BCUT2D eigenvalue weighted by atomic mass is 9.77. The summed E-state index contributed by atoms with van der Waals surface area (Å²) in [4.78, 5) is 12.5. The number of amides is 1. The van der Waals surface area contributed by atoms with Crippen molar-refractivity contribution in [2.45, 2.75) is 64.8 Å². The fraction of sp³-hybridized carbons (Fsp3) is 0.933. The van der Waals surface area contributed by atoms with E-state index in [0.29, 0.717) is 11.9 Å². The monoisotopic (exact) mass is 252 g/mol.